The number of Topliss-reactive ketones (excluding diaryl/α,β-unsaturated/α-hetero) is 2. The molecule has 0 bridgehead atoms. The lowest BCUT2D eigenvalue weighted by molar-refractivity contribution is -0.119. The van der Waals surface area contributed by atoms with Crippen molar-refractivity contribution < 1.29 is 23.8 Å². The summed E-state index contributed by atoms with van der Waals surface area (Å²) in [4.78, 5) is 30.4. The van der Waals surface area contributed by atoms with E-state index in [0.717, 1.165) is 46.3 Å². The van der Waals surface area contributed by atoms with Crippen LogP contribution in [0.5, 0.6) is 11.5 Å². The molecule has 0 saturated carbocycles. The third kappa shape index (κ3) is 6.59. The molecule has 0 N–H and O–H groups in total. The minimum atomic E-state index is -0.511. The standard InChI is InChI=1S/C35H41BrClNO5/c1-34(2)16-25-31(27(39)18-34)30(32-26(38(25)12-7-13-41-5)17-35(3,4)19-28(32)40)22-14-24(37)33(29(15-22)42-6)43-20-21-8-10-23(36)11-9-21/h8-11,14-15,30H,7,12-13,16-20H2,1-6H3. The summed E-state index contributed by atoms with van der Waals surface area (Å²) in [5.41, 5.74) is 4.86. The number of carbonyl (C=O) groups is 2. The van der Waals surface area contributed by atoms with Crippen molar-refractivity contribution >= 4 is 39.1 Å². The molecule has 0 atom stereocenters. The van der Waals surface area contributed by atoms with Crippen LogP contribution in [0.4, 0.5) is 0 Å². The molecule has 6 nitrogen and oxygen atoms in total. The monoisotopic (exact) mass is 669 g/mol. The molecule has 0 radical (unpaired) electrons. The van der Waals surface area contributed by atoms with E-state index in [0.29, 0.717) is 60.3 Å². The molecule has 0 unspecified atom stereocenters. The molecule has 8 heteroatoms. The highest BCUT2D eigenvalue weighted by Gasteiger charge is 2.49. The average molecular weight is 671 g/mol. The van der Waals surface area contributed by atoms with E-state index in [1.165, 1.54) is 0 Å². The Bertz CT molecular complexity index is 1440. The fourth-order valence-corrected chi connectivity index (χ4v) is 7.34. The van der Waals surface area contributed by atoms with Crippen LogP contribution in [0, 0.1) is 10.8 Å². The maximum atomic E-state index is 14.1. The highest BCUT2D eigenvalue weighted by molar-refractivity contribution is 9.10. The van der Waals surface area contributed by atoms with Crippen molar-refractivity contribution in [3.05, 3.63) is 79.6 Å². The molecule has 0 saturated heterocycles. The van der Waals surface area contributed by atoms with E-state index in [-0.39, 0.29) is 22.4 Å². The minimum Gasteiger partial charge on any atom is -0.493 e. The number of carbonyl (C=O) groups excluding carboxylic acids is 2. The molecule has 0 amide bonds. The normalized spacial score (nSPS) is 19.9. The van der Waals surface area contributed by atoms with Gasteiger partial charge in [0, 0.05) is 66.0 Å². The van der Waals surface area contributed by atoms with Crippen LogP contribution < -0.4 is 9.47 Å². The van der Waals surface area contributed by atoms with Crippen molar-refractivity contribution in [1.29, 1.82) is 0 Å². The molecule has 1 aliphatic heterocycles. The Morgan fingerprint density at radius 2 is 1.49 bits per heavy atom. The fourth-order valence-electron chi connectivity index (χ4n) is 6.80. The van der Waals surface area contributed by atoms with Gasteiger partial charge in [0.15, 0.2) is 23.1 Å². The zero-order valence-corrected chi connectivity index (χ0v) is 28.3. The summed E-state index contributed by atoms with van der Waals surface area (Å²) in [5, 5.41) is 0.380. The highest BCUT2D eigenvalue weighted by Crippen LogP contribution is 2.55. The van der Waals surface area contributed by atoms with Gasteiger partial charge in [0.2, 0.25) is 0 Å². The number of halogens is 2. The Kier molecular flexibility index (Phi) is 9.18. The van der Waals surface area contributed by atoms with Gasteiger partial charge in [0.1, 0.15) is 6.61 Å². The second-order valence-corrected chi connectivity index (χ2v) is 14.8. The maximum Gasteiger partial charge on any atom is 0.180 e. The lowest BCUT2D eigenvalue weighted by Gasteiger charge is -2.49. The van der Waals surface area contributed by atoms with Gasteiger partial charge < -0.3 is 19.1 Å². The molecule has 230 valence electrons. The number of ketones is 2. The molecule has 0 aromatic heterocycles. The van der Waals surface area contributed by atoms with E-state index in [1.807, 2.05) is 36.4 Å². The van der Waals surface area contributed by atoms with Crippen LogP contribution >= 0.6 is 27.5 Å². The summed E-state index contributed by atoms with van der Waals surface area (Å²) in [6.45, 7) is 10.2. The SMILES string of the molecule is COCCCN1C2=C(C(=O)CC(C)(C)C2)C(c2cc(Cl)c(OCc3ccc(Br)cc3)c(OC)c2)C2=C1CC(C)(C)CC2=O. The first-order valence-corrected chi connectivity index (χ1v) is 16.0. The molecule has 2 aromatic carbocycles. The second kappa shape index (κ2) is 12.4. The van der Waals surface area contributed by atoms with Crippen molar-refractivity contribution in [3.63, 3.8) is 0 Å². The van der Waals surface area contributed by atoms with Crippen LogP contribution in [-0.2, 0) is 20.9 Å². The first-order valence-electron chi connectivity index (χ1n) is 14.9. The number of benzene rings is 2. The number of allylic oxidation sites excluding steroid dienone is 4. The zero-order valence-electron chi connectivity index (χ0n) is 25.9. The van der Waals surface area contributed by atoms with Crippen LogP contribution in [0.1, 0.15) is 76.8 Å². The summed E-state index contributed by atoms with van der Waals surface area (Å²) in [6, 6.07) is 11.6. The van der Waals surface area contributed by atoms with Gasteiger partial charge in [-0.3, -0.25) is 9.59 Å². The number of methoxy groups -OCH3 is 2. The van der Waals surface area contributed by atoms with Gasteiger partial charge in [0.25, 0.3) is 0 Å². The van der Waals surface area contributed by atoms with Crippen LogP contribution in [0.25, 0.3) is 0 Å². The first-order chi connectivity index (χ1) is 20.3. The van der Waals surface area contributed by atoms with Crippen LogP contribution in [0.2, 0.25) is 5.02 Å². The van der Waals surface area contributed by atoms with Gasteiger partial charge in [-0.05, 0) is 65.5 Å². The molecule has 0 spiro atoms. The quantitative estimate of drug-likeness (QED) is 0.250. The highest BCUT2D eigenvalue weighted by atomic mass is 79.9. The third-order valence-electron chi connectivity index (χ3n) is 8.63. The van der Waals surface area contributed by atoms with Gasteiger partial charge in [-0.25, -0.2) is 0 Å². The van der Waals surface area contributed by atoms with Crippen LogP contribution in [0.15, 0.2) is 63.4 Å². The molecule has 43 heavy (non-hydrogen) atoms. The molecule has 0 fully saturated rings. The lowest BCUT2D eigenvalue weighted by atomic mass is 9.63. The Hall–Kier alpha value is -2.61. The van der Waals surface area contributed by atoms with Crippen molar-refractivity contribution in [2.75, 3.05) is 27.4 Å². The van der Waals surface area contributed by atoms with Gasteiger partial charge in [-0.15, -0.1) is 0 Å². The van der Waals surface area contributed by atoms with E-state index >= 15 is 0 Å². The van der Waals surface area contributed by atoms with E-state index in [2.05, 4.69) is 48.5 Å². The van der Waals surface area contributed by atoms with Crippen LogP contribution in [-0.4, -0.2) is 43.8 Å². The first kappa shape index (κ1) is 31.8. The topological polar surface area (TPSA) is 65.1 Å². The van der Waals surface area contributed by atoms with Crippen molar-refractivity contribution in [3.8, 4) is 11.5 Å². The Labute approximate surface area is 268 Å². The molecular weight excluding hydrogens is 630 g/mol. The van der Waals surface area contributed by atoms with Gasteiger partial charge in [-0.1, -0.05) is 67.4 Å². The molecule has 2 aliphatic carbocycles. The molecule has 1 heterocycles. The molecule has 5 rings (SSSR count). The summed E-state index contributed by atoms with van der Waals surface area (Å²) in [5.74, 6) is 0.565. The Morgan fingerprint density at radius 3 is 2.02 bits per heavy atom. The second-order valence-electron chi connectivity index (χ2n) is 13.5. The lowest BCUT2D eigenvalue weighted by Crippen LogP contribution is -2.44. The maximum absolute atomic E-state index is 14.1. The fraction of sp³-hybridized carbons (Fsp3) is 0.486. The number of ether oxygens (including phenoxy) is 3. The Morgan fingerprint density at radius 1 is 0.907 bits per heavy atom. The van der Waals surface area contributed by atoms with E-state index < -0.39 is 5.92 Å². The van der Waals surface area contributed by atoms with Crippen molar-refractivity contribution in [2.24, 2.45) is 10.8 Å². The smallest absolute Gasteiger partial charge is 0.180 e. The van der Waals surface area contributed by atoms with E-state index in [9.17, 15) is 9.59 Å². The van der Waals surface area contributed by atoms with Gasteiger partial charge in [0.05, 0.1) is 12.1 Å². The van der Waals surface area contributed by atoms with Crippen LogP contribution in [0.3, 0.4) is 0 Å². The number of hydrogen-bond donors (Lipinski definition) is 0. The largest absolute Gasteiger partial charge is 0.493 e. The summed E-state index contributed by atoms with van der Waals surface area (Å²) < 4.78 is 18.3. The number of hydrogen-bond acceptors (Lipinski definition) is 6. The molecule has 3 aliphatic rings. The van der Waals surface area contributed by atoms with Crippen molar-refractivity contribution in [1.82, 2.24) is 4.90 Å². The Balaban J connectivity index is 1.64. The molecule has 2 aromatic rings. The summed E-state index contributed by atoms with van der Waals surface area (Å²) in [7, 11) is 3.28. The average Bonchev–Trinajstić information content (AvgIpc) is 2.92. The van der Waals surface area contributed by atoms with Crippen molar-refractivity contribution in [2.45, 2.75) is 72.3 Å². The predicted molar refractivity (Wildman–Crippen MR) is 173 cm³/mol. The number of rotatable bonds is 9. The van der Waals surface area contributed by atoms with Gasteiger partial charge >= 0.3 is 0 Å². The summed E-state index contributed by atoms with van der Waals surface area (Å²) in [6.07, 6.45) is 3.15. The predicted octanol–water partition coefficient (Wildman–Crippen LogP) is 8.41. The zero-order chi connectivity index (χ0) is 31.1. The third-order valence-corrected chi connectivity index (χ3v) is 9.44. The van der Waals surface area contributed by atoms with E-state index in [4.69, 9.17) is 25.8 Å². The number of nitrogens with zero attached hydrogens (tertiary/aromatic N) is 1. The van der Waals surface area contributed by atoms with Gasteiger partial charge in [-0.2, -0.15) is 0 Å². The minimum absolute atomic E-state index is 0.0860. The molecular formula is C35H41BrClNO5. The summed E-state index contributed by atoms with van der Waals surface area (Å²) >= 11 is 10.4. The van der Waals surface area contributed by atoms with E-state index in [1.54, 1.807) is 14.2 Å².